The Bertz CT molecular complexity index is 1080. The van der Waals surface area contributed by atoms with E-state index in [-0.39, 0.29) is 0 Å². The number of imidazole rings is 1. The van der Waals surface area contributed by atoms with Gasteiger partial charge in [0.1, 0.15) is 10.4 Å². The highest BCUT2D eigenvalue weighted by atomic mass is 32.1. The molecular formula is C16H15F3N4O2S. The van der Waals surface area contributed by atoms with E-state index in [4.69, 9.17) is 5.73 Å². The number of rotatable bonds is 3. The molecule has 0 aromatic carbocycles. The largest absolute Gasteiger partial charge is 0.425 e. The third kappa shape index (κ3) is 2.70. The molecule has 0 aliphatic heterocycles. The number of pyridine rings is 1. The molecule has 0 saturated carbocycles. The van der Waals surface area contributed by atoms with Gasteiger partial charge in [-0.15, -0.1) is 11.3 Å². The van der Waals surface area contributed by atoms with E-state index in [0.717, 1.165) is 6.07 Å². The molecule has 3 rings (SSSR count). The van der Waals surface area contributed by atoms with Gasteiger partial charge in [-0.3, -0.25) is 13.9 Å². The number of alkyl halides is 3. The minimum atomic E-state index is -4.43. The predicted molar refractivity (Wildman–Crippen MR) is 91.8 cm³/mol. The number of nitrogens with zero attached hydrogens (tertiary/aromatic N) is 3. The minimum absolute atomic E-state index is 0.305. The first-order chi connectivity index (χ1) is 11.9. The Labute approximate surface area is 149 Å². The summed E-state index contributed by atoms with van der Waals surface area (Å²) in [5.74, 6) is -0.715. The summed E-state index contributed by atoms with van der Waals surface area (Å²) in [5.41, 5.74) is 4.96. The average Bonchev–Trinajstić information content (AvgIpc) is 3.11. The summed E-state index contributed by atoms with van der Waals surface area (Å²) in [6, 6.07) is 2.56. The molecule has 10 heteroatoms. The van der Waals surface area contributed by atoms with Crippen LogP contribution < -0.4 is 11.4 Å². The highest BCUT2D eigenvalue weighted by Gasteiger charge is 2.34. The average molecular weight is 384 g/mol. The molecule has 3 aromatic heterocycles. The van der Waals surface area contributed by atoms with E-state index in [0.29, 0.717) is 33.6 Å². The predicted octanol–water partition coefficient (Wildman–Crippen LogP) is 2.70. The van der Waals surface area contributed by atoms with Gasteiger partial charge < -0.3 is 5.73 Å². The Hall–Kier alpha value is -2.62. The van der Waals surface area contributed by atoms with Crippen LogP contribution in [0.4, 0.5) is 13.2 Å². The quantitative estimate of drug-likeness (QED) is 0.754. The summed E-state index contributed by atoms with van der Waals surface area (Å²) >= 11 is 0.579. The molecule has 0 spiro atoms. The maximum Gasteiger partial charge on any atom is 0.425 e. The van der Waals surface area contributed by atoms with Crippen molar-refractivity contribution in [2.24, 2.45) is 12.8 Å². The first-order valence-corrected chi connectivity index (χ1v) is 8.36. The highest BCUT2D eigenvalue weighted by Crippen LogP contribution is 2.37. The standard InChI is InChI=1S/C16H15F3N4O2S/c1-15(2,13(20)24)23-10-4-8(6-21-12(10)22(3)14(23)25)9-5-11(26-7-9)16(17,18)19/h4-7H,1-3H3,(H2,20,24). The monoisotopic (exact) mass is 384 g/mol. The molecule has 0 aliphatic rings. The molecule has 138 valence electrons. The van der Waals surface area contributed by atoms with Crippen LogP contribution >= 0.6 is 11.3 Å². The number of fused-ring (bicyclic) bond motifs is 1. The lowest BCUT2D eigenvalue weighted by Crippen LogP contribution is -2.46. The zero-order valence-corrected chi connectivity index (χ0v) is 14.9. The zero-order valence-electron chi connectivity index (χ0n) is 14.1. The number of amides is 1. The fourth-order valence-corrected chi connectivity index (χ4v) is 3.44. The Morgan fingerprint density at radius 2 is 1.88 bits per heavy atom. The van der Waals surface area contributed by atoms with Gasteiger partial charge in [0, 0.05) is 18.8 Å². The molecule has 0 radical (unpaired) electrons. The van der Waals surface area contributed by atoms with Gasteiger partial charge in [-0.1, -0.05) is 0 Å². The second kappa shape index (κ2) is 5.70. The van der Waals surface area contributed by atoms with Gasteiger partial charge in [0.15, 0.2) is 5.65 Å². The molecular weight excluding hydrogens is 369 g/mol. The van der Waals surface area contributed by atoms with Gasteiger partial charge in [-0.25, -0.2) is 9.78 Å². The number of nitrogens with two attached hydrogens (primary N) is 1. The maximum absolute atomic E-state index is 12.8. The van der Waals surface area contributed by atoms with Crippen LogP contribution in [-0.4, -0.2) is 20.0 Å². The number of thiophene rings is 1. The molecule has 2 N–H and O–H groups in total. The van der Waals surface area contributed by atoms with Gasteiger partial charge in [-0.2, -0.15) is 13.2 Å². The van der Waals surface area contributed by atoms with Gasteiger partial charge in [0.2, 0.25) is 5.91 Å². The summed E-state index contributed by atoms with van der Waals surface area (Å²) in [5, 5.41) is 1.37. The smallest absolute Gasteiger partial charge is 0.368 e. The van der Waals surface area contributed by atoms with Crippen molar-refractivity contribution >= 4 is 28.4 Å². The Balaban J connectivity index is 2.25. The molecule has 0 bridgehead atoms. The topological polar surface area (TPSA) is 82.9 Å². The van der Waals surface area contributed by atoms with Crippen LogP contribution in [0.2, 0.25) is 0 Å². The molecule has 6 nitrogen and oxygen atoms in total. The van der Waals surface area contributed by atoms with Crippen LogP contribution in [0.15, 0.2) is 28.5 Å². The second-order valence-corrected chi connectivity index (χ2v) is 7.28. The first-order valence-electron chi connectivity index (χ1n) is 7.48. The van der Waals surface area contributed by atoms with E-state index in [1.54, 1.807) is 0 Å². The van der Waals surface area contributed by atoms with Crippen molar-refractivity contribution in [3.8, 4) is 11.1 Å². The van der Waals surface area contributed by atoms with Crippen molar-refractivity contribution in [3.05, 3.63) is 39.1 Å². The fraction of sp³-hybridized carbons (Fsp3) is 0.312. The summed E-state index contributed by atoms with van der Waals surface area (Å²) < 4.78 is 41.0. The van der Waals surface area contributed by atoms with Crippen molar-refractivity contribution in [2.45, 2.75) is 25.6 Å². The summed E-state index contributed by atoms with van der Waals surface area (Å²) in [4.78, 5) is 27.8. The van der Waals surface area contributed by atoms with E-state index in [1.807, 2.05) is 0 Å². The number of aromatic nitrogens is 3. The van der Waals surface area contributed by atoms with E-state index in [9.17, 15) is 22.8 Å². The summed E-state index contributed by atoms with van der Waals surface area (Å²) in [7, 11) is 1.50. The zero-order chi connectivity index (χ0) is 19.4. The van der Waals surface area contributed by atoms with Crippen molar-refractivity contribution in [1.29, 1.82) is 0 Å². The van der Waals surface area contributed by atoms with Crippen LogP contribution in [-0.2, 0) is 23.6 Å². The first kappa shape index (κ1) is 18.2. The van der Waals surface area contributed by atoms with Crippen molar-refractivity contribution < 1.29 is 18.0 Å². The fourth-order valence-electron chi connectivity index (χ4n) is 2.66. The number of aryl methyl sites for hydroxylation is 1. The van der Waals surface area contributed by atoms with Gasteiger partial charge in [0.05, 0.1) is 5.52 Å². The van der Waals surface area contributed by atoms with Crippen LogP contribution in [0.5, 0.6) is 0 Å². The molecule has 1 amide bonds. The molecule has 0 atom stereocenters. The van der Waals surface area contributed by atoms with Gasteiger partial charge in [0.25, 0.3) is 0 Å². The molecule has 3 heterocycles. The molecule has 0 saturated heterocycles. The third-order valence-electron chi connectivity index (χ3n) is 4.26. The van der Waals surface area contributed by atoms with Crippen LogP contribution in [0.3, 0.4) is 0 Å². The van der Waals surface area contributed by atoms with Crippen molar-refractivity contribution in [3.63, 3.8) is 0 Å². The lowest BCUT2D eigenvalue weighted by molar-refractivity contribution is -0.134. The number of hydrogen-bond donors (Lipinski definition) is 1. The van der Waals surface area contributed by atoms with E-state index in [2.05, 4.69) is 4.98 Å². The molecule has 0 fully saturated rings. The summed E-state index contributed by atoms with van der Waals surface area (Å²) in [6.45, 7) is 2.99. The second-order valence-electron chi connectivity index (χ2n) is 6.36. The van der Waals surface area contributed by atoms with Gasteiger partial charge in [-0.05, 0) is 36.9 Å². The maximum atomic E-state index is 12.8. The third-order valence-corrected chi connectivity index (χ3v) is 5.23. The van der Waals surface area contributed by atoms with Crippen LogP contribution in [0.1, 0.15) is 18.7 Å². The molecule has 26 heavy (non-hydrogen) atoms. The van der Waals surface area contributed by atoms with Crippen molar-refractivity contribution in [1.82, 2.24) is 14.1 Å². The van der Waals surface area contributed by atoms with Crippen LogP contribution in [0, 0.1) is 0 Å². The Morgan fingerprint density at radius 3 is 2.42 bits per heavy atom. The number of halogens is 3. The summed E-state index contributed by atoms with van der Waals surface area (Å²) in [6.07, 6.45) is -3.03. The lowest BCUT2D eigenvalue weighted by Gasteiger charge is -2.22. The van der Waals surface area contributed by atoms with Crippen LogP contribution in [0.25, 0.3) is 22.3 Å². The lowest BCUT2D eigenvalue weighted by atomic mass is 10.0. The van der Waals surface area contributed by atoms with E-state index in [1.165, 1.54) is 47.7 Å². The van der Waals surface area contributed by atoms with Crippen molar-refractivity contribution in [2.75, 3.05) is 0 Å². The number of hydrogen-bond acceptors (Lipinski definition) is 4. The van der Waals surface area contributed by atoms with Gasteiger partial charge >= 0.3 is 11.9 Å². The number of carbonyl (C=O) groups is 1. The van der Waals surface area contributed by atoms with E-state index >= 15 is 0 Å². The number of primary amides is 1. The normalized spacial score (nSPS) is 12.7. The Morgan fingerprint density at radius 1 is 1.23 bits per heavy atom. The van der Waals surface area contributed by atoms with E-state index < -0.39 is 28.2 Å². The SMILES string of the molecule is Cn1c(=O)n(C(C)(C)C(N)=O)c2cc(-c3csc(C(F)(F)F)c3)cnc21. The highest BCUT2D eigenvalue weighted by molar-refractivity contribution is 7.10. The molecule has 3 aromatic rings. The Kier molecular flexibility index (Phi) is 3.98. The minimum Gasteiger partial charge on any atom is -0.368 e. The molecule has 0 aliphatic carbocycles. The molecule has 0 unspecified atom stereocenters. The number of carbonyl (C=O) groups excluding carboxylic acids is 1.